The number of halogens is 6. The zero-order valence-corrected chi connectivity index (χ0v) is 18.4. The quantitative estimate of drug-likeness (QED) is 0.223. The van der Waals surface area contributed by atoms with Crippen LogP contribution in [0.4, 0.5) is 33.3 Å². The molecule has 0 saturated heterocycles. The summed E-state index contributed by atoms with van der Waals surface area (Å²) >= 11 is 5.41. The third-order valence-corrected chi connectivity index (χ3v) is 5.80. The van der Waals surface area contributed by atoms with Crippen molar-refractivity contribution in [3.63, 3.8) is 0 Å². The molecule has 4 rings (SSSR count). The Hall–Kier alpha value is -3.44. The molecule has 2 heterocycles. The molecule has 2 aromatic carbocycles. The van der Waals surface area contributed by atoms with Crippen molar-refractivity contribution in [3.05, 3.63) is 71.1 Å². The molecule has 0 fully saturated rings. The summed E-state index contributed by atoms with van der Waals surface area (Å²) in [5, 5.41) is 2.10. The minimum atomic E-state index is -4.74. The summed E-state index contributed by atoms with van der Waals surface area (Å²) in [6.07, 6.45) is -4.74. The van der Waals surface area contributed by atoms with E-state index in [0.717, 1.165) is 18.2 Å². The number of alkyl halides is 6. The Balaban J connectivity index is 1.71. The molecule has 0 bridgehead atoms. The number of nitrogens with one attached hydrogen (secondary N) is 1. The number of pyridine rings is 1. The van der Waals surface area contributed by atoms with Gasteiger partial charge in [0.05, 0.1) is 16.9 Å². The average Bonchev–Trinajstić information content (AvgIpc) is 3.10. The van der Waals surface area contributed by atoms with Crippen molar-refractivity contribution in [1.82, 2.24) is 4.98 Å². The van der Waals surface area contributed by atoms with Gasteiger partial charge in [0.25, 0.3) is 5.91 Å². The van der Waals surface area contributed by atoms with Crippen LogP contribution in [0.25, 0.3) is 21.5 Å². The molecule has 0 atom stereocenters. The number of carbonyl (C=O) groups excluding carboxylic acids is 1. The lowest BCUT2D eigenvalue weighted by Crippen LogP contribution is -2.16. The van der Waals surface area contributed by atoms with Crippen molar-refractivity contribution in [2.24, 2.45) is 0 Å². The zero-order chi connectivity index (χ0) is 24.7. The lowest BCUT2D eigenvalue weighted by molar-refractivity contribution is -0.136. The van der Waals surface area contributed by atoms with Gasteiger partial charge in [-0.3, -0.25) is 4.79 Å². The highest BCUT2D eigenvalue weighted by Crippen LogP contribution is 2.43. The van der Waals surface area contributed by atoms with Crippen LogP contribution in [0.2, 0.25) is 0 Å². The fraction of sp³-hybridized carbons (Fsp3) is 0.0909. The molecule has 0 unspecified atom stereocenters. The van der Waals surface area contributed by atoms with E-state index in [1.54, 1.807) is 30.3 Å². The van der Waals surface area contributed by atoms with Crippen molar-refractivity contribution in [1.29, 1.82) is 0 Å². The summed E-state index contributed by atoms with van der Waals surface area (Å²) in [7, 11) is 0. The minimum absolute atomic E-state index is 0.0515. The maximum atomic E-state index is 13.9. The molecule has 0 radical (unpaired) electrons. The lowest BCUT2D eigenvalue weighted by Gasteiger charge is -2.11. The van der Waals surface area contributed by atoms with Gasteiger partial charge in [-0.1, -0.05) is 30.3 Å². The predicted molar refractivity (Wildman–Crippen MR) is 120 cm³/mol. The highest BCUT2D eigenvalue weighted by atomic mass is 35.5. The van der Waals surface area contributed by atoms with Crippen molar-refractivity contribution in [2.75, 3.05) is 11.1 Å². The van der Waals surface area contributed by atoms with Crippen LogP contribution in [0, 0.1) is 0 Å². The van der Waals surface area contributed by atoms with E-state index in [0.29, 0.717) is 16.9 Å². The van der Waals surface area contributed by atoms with E-state index < -0.39 is 23.2 Å². The standard InChI is InChI=1S/C22H13ClF5N3O2S/c23-22(27,28)33-13-8-6-12(7-9-13)30-19(32)18-17(29)16-14(21(24,25)26)10-15(31-20(16)34-18)11-4-2-1-3-5-11/h1-10H,29H2,(H,30,32). The highest BCUT2D eigenvalue weighted by molar-refractivity contribution is 7.21. The number of ether oxygens (including phenoxy) is 1. The maximum absolute atomic E-state index is 13.9. The second kappa shape index (κ2) is 8.73. The van der Waals surface area contributed by atoms with E-state index in [1.807, 2.05) is 0 Å². The van der Waals surface area contributed by atoms with E-state index in [-0.39, 0.29) is 37.9 Å². The Morgan fingerprint density at radius 2 is 1.68 bits per heavy atom. The van der Waals surface area contributed by atoms with Crippen LogP contribution < -0.4 is 15.8 Å². The average molecular weight is 514 g/mol. The second-order valence-electron chi connectivity index (χ2n) is 6.97. The first-order chi connectivity index (χ1) is 15.9. The van der Waals surface area contributed by atoms with Crippen molar-refractivity contribution < 1.29 is 31.5 Å². The van der Waals surface area contributed by atoms with Gasteiger partial charge in [0.15, 0.2) is 0 Å². The third-order valence-electron chi connectivity index (χ3n) is 4.63. The number of hydrogen-bond donors (Lipinski definition) is 2. The van der Waals surface area contributed by atoms with E-state index in [9.17, 15) is 26.7 Å². The predicted octanol–water partition coefficient (Wildman–Crippen LogP) is 6.98. The Morgan fingerprint density at radius 3 is 2.26 bits per heavy atom. The van der Waals surface area contributed by atoms with Gasteiger partial charge < -0.3 is 15.8 Å². The van der Waals surface area contributed by atoms with Gasteiger partial charge in [-0.2, -0.15) is 13.2 Å². The molecule has 0 aliphatic rings. The molecule has 2 aromatic heterocycles. The summed E-state index contributed by atoms with van der Waals surface area (Å²) in [6, 6.07) is 14.0. The molecule has 4 aromatic rings. The lowest BCUT2D eigenvalue weighted by atomic mass is 10.1. The van der Waals surface area contributed by atoms with Crippen molar-refractivity contribution in [3.8, 4) is 17.0 Å². The number of rotatable bonds is 5. The van der Waals surface area contributed by atoms with Crippen molar-refractivity contribution >= 4 is 50.4 Å². The summed E-state index contributed by atoms with van der Waals surface area (Å²) < 4.78 is 71.2. The molecule has 0 spiro atoms. The van der Waals surface area contributed by atoms with Gasteiger partial charge in [0.2, 0.25) is 0 Å². The second-order valence-corrected chi connectivity index (χ2v) is 8.41. The van der Waals surface area contributed by atoms with Gasteiger partial charge in [-0.25, -0.2) is 4.98 Å². The fourth-order valence-corrected chi connectivity index (χ4v) is 4.30. The zero-order valence-electron chi connectivity index (χ0n) is 16.8. The van der Waals surface area contributed by atoms with E-state index in [1.165, 1.54) is 12.1 Å². The number of amides is 1. The first-order valence-corrected chi connectivity index (χ1v) is 10.6. The van der Waals surface area contributed by atoms with Gasteiger partial charge in [-0.15, -0.1) is 20.1 Å². The van der Waals surface area contributed by atoms with Crippen LogP contribution in [0.5, 0.6) is 5.75 Å². The van der Waals surface area contributed by atoms with E-state index in [4.69, 9.17) is 17.3 Å². The highest BCUT2D eigenvalue weighted by Gasteiger charge is 2.36. The number of thiophene rings is 1. The number of carbonyl (C=O) groups is 1. The molecule has 5 nitrogen and oxygen atoms in total. The summed E-state index contributed by atoms with van der Waals surface area (Å²) in [5.74, 6) is -1.04. The SMILES string of the molecule is Nc1c(C(=O)Nc2ccc(OC(F)(F)Cl)cc2)sc2nc(-c3ccccc3)cc(C(F)(F)F)c12. The molecule has 0 aliphatic carbocycles. The van der Waals surface area contributed by atoms with E-state index >= 15 is 0 Å². The topological polar surface area (TPSA) is 77.2 Å². The van der Waals surface area contributed by atoms with Gasteiger partial charge in [0, 0.05) is 28.2 Å². The molecule has 3 N–H and O–H groups in total. The molecule has 0 aliphatic heterocycles. The Kier molecular flexibility index (Phi) is 6.09. The smallest absolute Gasteiger partial charge is 0.420 e. The van der Waals surface area contributed by atoms with Crippen LogP contribution in [0.1, 0.15) is 15.2 Å². The summed E-state index contributed by atoms with van der Waals surface area (Å²) in [6.45, 7) is 0. The van der Waals surface area contributed by atoms with Crippen LogP contribution >= 0.6 is 22.9 Å². The minimum Gasteiger partial charge on any atom is -0.420 e. The molecule has 34 heavy (non-hydrogen) atoms. The summed E-state index contributed by atoms with van der Waals surface area (Å²) in [4.78, 5) is 16.8. The first-order valence-electron chi connectivity index (χ1n) is 9.45. The number of aromatic nitrogens is 1. The number of nitrogen functional groups attached to an aromatic ring is 1. The van der Waals surface area contributed by atoms with Crippen LogP contribution in [-0.4, -0.2) is 16.5 Å². The van der Waals surface area contributed by atoms with Gasteiger partial charge in [-0.05, 0) is 30.3 Å². The number of fused-ring (bicyclic) bond motifs is 1. The Bertz CT molecular complexity index is 1350. The number of anilines is 2. The van der Waals surface area contributed by atoms with Crippen LogP contribution in [-0.2, 0) is 6.18 Å². The van der Waals surface area contributed by atoms with Gasteiger partial charge >= 0.3 is 11.7 Å². The van der Waals surface area contributed by atoms with Crippen LogP contribution in [0.15, 0.2) is 60.7 Å². The maximum Gasteiger partial charge on any atom is 0.487 e. The molecule has 1 amide bonds. The van der Waals surface area contributed by atoms with Crippen molar-refractivity contribution in [2.45, 2.75) is 11.7 Å². The monoisotopic (exact) mass is 513 g/mol. The molecule has 12 heteroatoms. The normalized spacial score (nSPS) is 12.1. The molecular formula is C22H13ClF5N3O2S. The first kappa shape index (κ1) is 23.7. The largest absolute Gasteiger partial charge is 0.487 e. The third kappa shape index (κ3) is 5.05. The van der Waals surface area contributed by atoms with E-state index in [2.05, 4.69) is 15.0 Å². The number of benzene rings is 2. The Labute approximate surface area is 197 Å². The Morgan fingerprint density at radius 1 is 1.03 bits per heavy atom. The van der Waals surface area contributed by atoms with Crippen LogP contribution in [0.3, 0.4) is 0 Å². The van der Waals surface area contributed by atoms with Gasteiger partial charge in [0.1, 0.15) is 15.5 Å². The molecule has 0 saturated carbocycles. The number of nitrogens with two attached hydrogens (primary N) is 1. The molecule has 176 valence electrons. The fourth-order valence-electron chi connectivity index (χ4n) is 3.20. The molecular weight excluding hydrogens is 501 g/mol. The number of hydrogen-bond acceptors (Lipinski definition) is 5. The summed E-state index contributed by atoms with van der Waals surface area (Å²) in [5.41, 5.74) is 1.41. The number of nitrogens with zero attached hydrogens (tertiary/aromatic N) is 1.